The van der Waals surface area contributed by atoms with Crippen molar-refractivity contribution in [2.45, 2.75) is 38.8 Å². The number of aliphatic carboxylic acids is 1. The molecule has 1 aliphatic rings. The van der Waals surface area contributed by atoms with Gasteiger partial charge in [0.1, 0.15) is 17.6 Å². The molecule has 1 aromatic carbocycles. The monoisotopic (exact) mass is 602 g/mol. The van der Waals surface area contributed by atoms with Gasteiger partial charge in [0, 0.05) is 57.4 Å². The molecule has 2 aromatic rings. The maximum atomic E-state index is 13.4. The molecule has 2 atom stereocenters. The van der Waals surface area contributed by atoms with Crippen molar-refractivity contribution < 1.29 is 43.7 Å². The fraction of sp³-hybridized carbons (Fsp3) is 0.464. The Hall–Kier alpha value is -4.79. The van der Waals surface area contributed by atoms with E-state index in [1.807, 2.05) is 37.3 Å². The zero-order valence-corrected chi connectivity index (χ0v) is 24.4. The highest BCUT2D eigenvalue weighted by atomic mass is 16.6. The van der Waals surface area contributed by atoms with Gasteiger partial charge in [0.05, 0.1) is 13.2 Å². The smallest absolute Gasteiger partial charge is 0.409 e. The Kier molecular flexibility index (Phi) is 14.3. The molecule has 234 valence electrons. The number of carboxylic acids is 1. The molecule has 15 nitrogen and oxygen atoms in total. The number of carbonyl (C=O) groups is 5. The molecule has 0 aliphatic carbocycles. The summed E-state index contributed by atoms with van der Waals surface area (Å²) in [6.07, 6.45) is -0.877. The fourth-order valence-electron chi connectivity index (χ4n) is 4.20. The van der Waals surface area contributed by atoms with Gasteiger partial charge in [-0.15, -0.1) is 0 Å². The maximum absolute atomic E-state index is 13.4. The minimum atomic E-state index is -1.10. The van der Waals surface area contributed by atoms with Crippen LogP contribution in [0.15, 0.2) is 36.4 Å². The summed E-state index contributed by atoms with van der Waals surface area (Å²) < 4.78 is 10.2. The molecular weight excluding hydrogens is 564 g/mol. The lowest BCUT2D eigenvalue weighted by Gasteiger charge is -2.35. The molecule has 43 heavy (non-hydrogen) atoms. The predicted octanol–water partition coefficient (Wildman–Crippen LogP) is 1.56. The van der Waals surface area contributed by atoms with E-state index in [1.54, 1.807) is 14.0 Å². The number of carboxylic acid groups (broad SMARTS) is 2. The van der Waals surface area contributed by atoms with E-state index in [9.17, 15) is 24.3 Å². The highest BCUT2D eigenvalue weighted by Crippen LogP contribution is 2.19. The van der Waals surface area contributed by atoms with Crippen LogP contribution in [0.3, 0.4) is 0 Å². The summed E-state index contributed by atoms with van der Waals surface area (Å²) in [5.74, 6) is -1.46. The molecule has 3 amide bonds. The molecule has 0 unspecified atom stereocenters. The van der Waals surface area contributed by atoms with Crippen LogP contribution in [0.25, 0.3) is 11.4 Å². The number of anilines is 1. The summed E-state index contributed by atoms with van der Waals surface area (Å²) in [6.45, 7) is 5.02. The molecule has 1 fully saturated rings. The van der Waals surface area contributed by atoms with Crippen molar-refractivity contribution in [1.82, 2.24) is 25.1 Å². The van der Waals surface area contributed by atoms with Gasteiger partial charge in [-0.2, -0.15) is 0 Å². The molecule has 2 heterocycles. The van der Waals surface area contributed by atoms with E-state index < -0.39 is 29.9 Å². The number of benzene rings is 1. The third-order valence-corrected chi connectivity index (χ3v) is 6.17. The van der Waals surface area contributed by atoms with Gasteiger partial charge in [-0.1, -0.05) is 30.3 Å². The van der Waals surface area contributed by atoms with Crippen LogP contribution in [0.5, 0.6) is 0 Å². The first-order valence-electron chi connectivity index (χ1n) is 13.6. The first-order valence-corrected chi connectivity index (χ1v) is 13.6. The number of nitrogens with one attached hydrogen (secondary N) is 2. The molecule has 0 radical (unpaired) electrons. The van der Waals surface area contributed by atoms with Crippen LogP contribution in [-0.2, 0) is 23.9 Å². The quantitative estimate of drug-likeness (QED) is 0.256. The molecule has 15 heteroatoms. The van der Waals surface area contributed by atoms with Crippen molar-refractivity contribution in [3.63, 3.8) is 0 Å². The molecule has 4 N–H and O–H groups in total. The molecule has 1 aromatic heterocycles. The van der Waals surface area contributed by atoms with E-state index in [1.165, 1.54) is 15.9 Å². The number of piperazine rings is 1. The van der Waals surface area contributed by atoms with Gasteiger partial charge >= 0.3 is 12.1 Å². The Morgan fingerprint density at radius 1 is 1.07 bits per heavy atom. The van der Waals surface area contributed by atoms with Crippen molar-refractivity contribution in [2.24, 2.45) is 0 Å². The van der Waals surface area contributed by atoms with Crippen LogP contribution in [0, 0.1) is 0 Å². The van der Waals surface area contributed by atoms with Gasteiger partial charge in [-0.05, 0) is 20.3 Å². The van der Waals surface area contributed by atoms with E-state index in [4.69, 9.17) is 19.4 Å². The number of ether oxygens (including phenoxy) is 2. The van der Waals surface area contributed by atoms with E-state index in [0.717, 1.165) is 0 Å². The second-order valence-corrected chi connectivity index (χ2v) is 9.40. The lowest BCUT2D eigenvalue weighted by atomic mass is 10.1. The standard InChI is InChI=1S/C27H36N6O7.CH2O2/c1-4-40-27(38)33-14-12-32(13-15-33)26(37)20(10-11-23(34)35)30-25(36)21-16-22(28-18(2)17-39-3)31-24(29-21)19-8-6-5-7-9-19;2-1-3/h5-9,16,18,20H,4,10-15,17H2,1-3H3,(H,30,36)(H,34,35)(H,28,29,31);1H,(H,2,3)/t18-,20-;/m0./s1. The van der Waals surface area contributed by atoms with E-state index >= 15 is 0 Å². The zero-order valence-electron chi connectivity index (χ0n) is 24.4. The molecule has 1 saturated heterocycles. The molecular formula is C28H38N6O9. The Labute approximate surface area is 249 Å². The predicted molar refractivity (Wildman–Crippen MR) is 154 cm³/mol. The number of carbonyl (C=O) groups excluding carboxylic acids is 3. The van der Waals surface area contributed by atoms with Crippen LogP contribution < -0.4 is 10.6 Å². The van der Waals surface area contributed by atoms with Gasteiger partial charge in [-0.25, -0.2) is 14.8 Å². The van der Waals surface area contributed by atoms with Crippen molar-refractivity contribution in [3.8, 4) is 11.4 Å². The van der Waals surface area contributed by atoms with Crippen molar-refractivity contribution in [1.29, 1.82) is 0 Å². The second-order valence-electron chi connectivity index (χ2n) is 9.40. The lowest BCUT2D eigenvalue weighted by Crippen LogP contribution is -2.56. The van der Waals surface area contributed by atoms with E-state index in [-0.39, 0.29) is 63.8 Å². The lowest BCUT2D eigenvalue weighted by molar-refractivity contribution is -0.138. The average molecular weight is 603 g/mol. The fourth-order valence-corrected chi connectivity index (χ4v) is 4.20. The van der Waals surface area contributed by atoms with Gasteiger partial charge in [0.15, 0.2) is 5.82 Å². The average Bonchev–Trinajstić information content (AvgIpc) is 2.99. The molecule has 0 saturated carbocycles. The summed E-state index contributed by atoms with van der Waals surface area (Å²) in [5, 5.41) is 22.0. The summed E-state index contributed by atoms with van der Waals surface area (Å²) in [5.41, 5.74) is 0.707. The van der Waals surface area contributed by atoms with Gasteiger partial charge in [0.2, 0.25) is 5.91 Å². The summed E-state index contributed by atoms with van der Waals surface area (Å²) in [4.78, 5) is 70.4. The Balaban J connectivity index is 0.00000206. The van der Waals surface area contributed by atoms with Crippen molar-refractivity contribution in [3.05, 3.63) is 42.1 Å². The van der Waals surface area contributed by atoms with Crippen LogP contribution in [0.1, 0.15) is 37.2 Å². The summed E-state index contributed by atoms with van der Waals surface area (Å²) in [6, 6.07) is 9.40. The number of nitrogens with zero attached hydrogens (tertiary/aromatic N) is 4. The first kappa shape index (κ1) is 34.4. The Morgan fingerprint density at radius 3 is 2.28 bits per heavy atom. The summed E-state index contributed by atoms with van der Waals surface area (Å²) in [7, 11) is 1.58. The summed E-state index contributed by atoms with van der Waals surface area (Å²) >= 11 is 0. The number of methoxy groups -OCH3 is 1. The molecule has 0 bridgehead atoms. The van der Waals surface area contributed by atoms with Gasteiger partial charge < -0.3 is 40.1 Å². The second kappa shape index (κ2) is 17.9. The number of rotatable bonds is 12. The van der Waals surface area contributed by atoms with E-state index in [0.29, 0.717) is 23.8 Å². The third kappa shape index (κ3) is 11.2. The number of aromatic nitrogens is 2. The highest BCUT2D eigenvalue weighted by molar-refractivity contribution is 5.97. The Bertz CT molecular complexity index is 1220. The third-order valence-electron chi connectivity index (χ3n) is 6.17. The first-order chi connectivity index (χ1) is 20.6. The molecule has 1 aliphatic heterocycles. The minimum Gasteiger partial charge on any atom is -0.483 e. The minimum absolute atomic E-state index is 0.0150. The SMILES string of the molecule is CCOC(=O)N1CCN(C(=O)[C@H](CCC(=O)O)NC(=O)c2cc(N[C@@H](C)COC)nc(-c3ccccc3)n2)CC1.O=CO. The number of amides is 3. The van der Waals surface area contributed by atoms with Crippen LogP contribution >= 0.6 is 0 Å². The molecule has 3 rings (SSSR count). The van der Waals surface area contributed by atoms with Crippen LogP contribution in [0.2, 0.25) is 0 Å². The highest BCUT2D eigenvalue weighted by Gasteiger charge is 2.31. The normalized spacial score (nSPS) is 13.9. The van der Waals surface area contributed by atoms with Gasteiger partial charge in [0.25, 0.3) is 12.4 Å². The van der Waals surface area contributed by atoms with Crippen molar-refractivity contribution >= 4 is 36.2 Å². The van der Waals surface area contributed by atoms with Crippen LogP contribution in [-0.4, -0.2) is 119 Å². The van der Waals surface area contributed by atoms with E-state index in [2.05, 4.69) is 20.6 Å². The largest absolute Gasteiger partial charge is 0.483 e. The van der Waals surface area contributed by atoms with Gasteiger partial charge in [-0.3, -0.25) is 19.2 Å². The number of hydrogen-bond acceptors (Lipinski definition) is 10. The Morgan fingerprint density at radius 2 is 1.70 bits per heavy atom. The van der Waals surface area contributed by atoms with Crippen molar-refractivity contribution in [2.75, 3.05) is 51.8 Å². The molecule has 0 spiro atoms. The topological polar surface area (TPSA) is 201 Å². The van der Waals surface area contributed by atoms with Crippen LogP contribution in [0.4, 0.5) is 10.6 Å². The zero-order chi connectivity index (χ0) is 31.8. The number of hydrogen-bond donors (Lipinski definition) is 4. The maximum Gasteiger partial charge on any atom is 0.409 e.